The number of carbonyl (C=O) groups excluding carboxylic acids is 2. The van der Waals surface area contributed by atoms with Gasteiger partial charge in [0, 0.05) is 38.8 Å². The summed E-state index contributed by atoms with van der Waals surface area (Å²) in [4.78, 5) is 49.2. The van der Waals surface area contributed by atoms with Gasteiger partial charge in [0.15, 0.2) is 0 Å². The van der Waals surface area contributed by atoms with Crippen LogP contribution in [0.3, 0.4) is 0 Å². The van der Waals surface area contributed by atoms with E-state index in [9.17, 15) is 45.1 Å². The van der Waals surface area contributed by atoms with Crippen LogP contribution in [0.1, 0.15) is 45.6 Å². The first-order valence-corrected chi connectivity index (χ1v) is 12.4. The molecule has 0 aliphatic carbocycles. The van der Waals surface area contributed by atoms with Crippen molar-refractivity contribution in [2.75, 3.05) is 32.8 Å². The van der Waals surface area contributed by atoms with E-state index in [2.05, 4.69) is 5.10 Å². The molecule has 0 unspecified atom stereocenters. The monoisotopic (exact) mass is 610 g/mol. The van der Waals surface area contributed by atoms with E-state index in [1.165, 1.54) is 17.0 Å². The maximum atomic E-state index is 14.6. The highest BCUT2D eigenvalue weighted by Gasteiger charge is 2.39. The van der Waals surface area contributed by atoms with E-state index in [-0.39, 0.29) is 48.3 Å². The number of aromatic amines is 1. The molecule has 0 bridgehead atoms. The molecule has 17 heteroatoms. The summed E-state index contributed by atoms with van der Waals surface area (Å²) in [5, 5.41) is 12.7. The van der Waals surface area contributed by atoms with Crippen LogP contribution in [0.2, 0.25) is 0 Å². The van der Waals surface area contributed by atoms with Gasteiger partial charge in [-0.25, -0.2) is 14.3 Å². The second-order valence-electron chi connectivity index (χ2n) is 9.45. The summed E-state index contributed by atoms with van der Waals surface area (Å²) in [6.07, 6.45) is -8.66. The van der Waals surface area contributed by atoms with Crippen LogP contribution in [0.5, 0.6) is 0 Å². The van der Waals surface area contributed by atoms with E-state index in [0.29, 0.717) is 25.3 Å². The van der Waals surface area contributed by atoms with Gasteiger partial charge in [0.25, 0.3) is 11.5 Å². The van der Waals surface area contributed by atoms with Gasteiger partial charge in [0.1, 0.15) is 17.9 Å². The second kappa shape index (κ2) is 12.9. The number of rotatable bonds is 4. The summed E-state index contributed by atoms with van der Waals surface area (Å²) in [6, 6.07) is 3.68. The Labute approximate surface area is 233 Å². The number of halogens is 7. The van der Waals surface area contributed by atoms with Crippen molar-refractivity contribution in [3.05, 3.63) is 62.3 Å². The second-order valence-corrected chi connectivity index (χ2v) is 9.45. The lowest BCUT2D eigenvalue weighted by molar-refractivity contribution is -0.192. The Balaban J connectivity index is 0.000000616. The maximum Gasteiger partial charge on any atom is 0.490 e. The molecular weight excluding hydrogens is 585 g/mol. The van der Waals surface area contributed by atoms with Gasteiger partial charge in [0.05, 0.1) is 11.3 Å². The number of H-pyrrole nitrogens is 1. The number of hydrogen-bond donors (Lipinski definition) is 2. The summed E-state index contributed by atoms with van der Waals surface area (Å²) in [5.74, 6) is -4.46. The minimum atomic E-state index is -5.08. The lowest BCUT2D eigenvalue weighted by Gasteiger charge is -2.40. The number of ether oxygens (including phenoxy) is 1. The number of carbonyl (C=O) groups is 3. The molecule has 2 N–H and O–H groups in total. The Kier molecular flexibility index (Phi) is 9.96. The van der Waals surface area contributed by atoms with E-state index in [0.717, 1.165) is 25.8 Å². The van der Waals surface area contributed by atoms with Crippen LogP contribution in [-0.2, 0) is 26.9 Å². The first-order chi connectivity index (χ1) is 19.5. The molecule has 0 saturated carbocycles. The zero-order chi connectivity index (χ0) is 31.4. The fourth-order valence-electron chi connectivity index (χ4n) is 4.54. The average Bonchev–Trinajstić information content (AvgIpc) is 2.90. The van der Waals surface area contributed by atoms with Crippen molar-refractivity contribution in [1.29, 1.82) is 0 Å². The highest BCUT2D eigenvalue weighted by molar-refractivity contribution is 5.97. The molecule has 1 aromatic carbocycles. The normalized spacial score (nSPS) is 16.6. The molecule has 2 amide bonds. The van der Waals surface area contributed by atoms with E-state index in [1.807, 2.05) is 5.10 Å². The summed E-state index contributed by atoms with van der Waals surface area (Å²) in [6.45, 7) is 2.67. The molecule has 2 aromatic rings. The maximum absolute atomic E-state index is 14.6. The molecule has 4 rings (SSSR count). The fraction of sp³-hybridized carbons (Fsp3) is 0.480. The largest absolute Gasteiger partial charge is 0.490 e. The number of alkyl halides is 6. The number of carboxylic acid groups (broad SMARTS) is 1. The van der Waals surface area contributed by atoms with Gasteiger partial charge in [0.2, 0.25) is 5.91 Å². The Morgan fingerprint density at radius 1 is 1.10 bits per heavy atom. The number of piperazine rings is 1. The van der Waals surface area contributed by atoms with E-state index >= 15 is 0 Å². The van der Waals surface area contributed by atoms with Gasteiger partial charge < -0.3 is 19.6 Å². The first kappa shape index (κ1) is 32.5. The number of aromatic nitrogens is 2. The molecule has 1 aromatic heterocycles. The Morgan fingerprint density at radius 2 is 1.71 bits per heavy atom. The van der Waals surface area contributed by atoms with Crippen LogP contribution in [-0.4, -0.2) is 88.0 Å². The van der Waals surface area contributed by atoms with Crippen molar-refractivity contribution in [2.45, 2.75) is 44.6 Å². The highest BCUT2D eigenvalue weighted by atomic mass is 19.4. The van der Waals surface area contributed by atoms with Crippen LogP contribution in [0.25, 0.3) is 0 Å². The molecule has 0 radical (unpaired) electrons. The average molecular weight is 610 g/mol. The van der Waals surface area contributed by atoms with Crippen molar-refractivity contribution in [1.82, 2.24) is 20.0 Å². The van der Waals surface area contributed by atoms with Gasteiger partial charge >= 0.3 is 18.3 Å². The van der Waals surface area contributed by atoms with Crippen LogP contribution in [0, 0.1) is 12.7 Å². The van der Waals surface area contributed by atoms with Crippen molar-refractivity contribution >= 4 is 17.8 Å². The molecule has 2 fully saturated rings. The highest BCUT2D eigenvalue weighted by Crippen LogP contribution is 2.30. The van der Waals surface area contributed by atoms with E-state index in [1.54, 1.807) is 4.90 Å². The predicted molar refractivity (Wildman–Crippen MR) is 129 cm³/mol. The smallest absolute Gasteiger partial charge is 0.475 e. The number of nitrogens with zero attached hydrogens (tertiary/aromatic N) is 3. The molecule has 230 valence electrons. The van der Waals surface area contributed by atoms with Crippen LogP contribution in [0.4, 0.5) is 30.7 Å². The summed E-state index contributed by atoms with van der Waals surface area (Å²) in [7, 11) is 0. The minimum absolute atomic E-state index is 0.0535. The third-order valence-corrected chi connectivity index (χ3v) is 6.66. The van der Waals surface area contributed by atoms with Gasteiger partial charge in [-0.15, -0.1) is 0 Å². The van der Waals surface area contributed by atoms with Crippen molar-refractivity contribution in [3.63, 3.8) is 0 Å². The molecule has 3 heterocycles. The zero-order valence-electron chi connectivity index (χ0n) is 21.9. The lowest BCUT2D eigenvalue weighted by atomic mass is 10.0. The van der Waals surface area contributed by atoms with Crippen molar-refractivity contribution in [2.24, 2.45) is 0 Å². The molecule has 2 aliphatic heterocycles. The third-order valence-electron chi connectivity index (χ3n) is 6.66. The third kappa shape index (κ3) is 7.83. The van der Waals surface area contributed by atoms with Crippen molar-refractivity contribution < 1.29 is 55.0 Å². The van der Waals surface area contributed by atoms with Gasteiger partial charge in [-0.3, -0.25) is 14.4 Å². The summed E-state index contributed by atoms with van der Waals surface area (Å²) >= 11 is 0. The standard InChI is InChI=1S/C23H24F4N4O4.C2HF3O2/c1-13-18(28-29-21(33)20(13)23(25,26)27)11-14-2-3-17(24)16(10-14)22(34)30-6-7-31(19(32)12-30)15-4-8-35-9-5-15;3-2(4,5)1(6)7/h2-3,10,15H,4-9,11-12H2,1H3,(H,29,33);(H,6,7). The number of amides is 2. The quantitative estimate of drug-likeness (QED) is 0.509. The van der Waals surface area contributed by atoms with Gasteiger partial charge in [-0.1, -0.05) is 6.07 Å². The number of carboxylic acids is 1. The van der Waals surface area contributed by atoms with Crippen LogP contribution >= 0.6 is 0 Å². The first-order valence-electron chi connectivity index (χ1n) is 12.4. The lowest BCUT2D eigenvalue weighted by Crippen LogP contribution is -2.56. The summed E-state index contributed by atoms with van der Waals surface area (Å²) < 4.78 is 91.4. The Hall–Kier alpha value is -4.02. The van der Waals surface area contributed by atoms with Crippen LogP contribution in [0.15, 0.2) is 23.0 Å². The molecule has 0 spiro atoms. The molecule has 0 atom stereocenters. The summed E-state index contributed by atoms with van der Waals surface area (Å²) in [5.41, 5.74) is -3.04. The van der Waals surface area contributed by atoms with Gasteiger partial charge in [-0.2, -0.15) is 31.4 Å². The van der Waals surface area contributed by atoms with Crippen molar-refractivity contribution in [3.8, 4) is 0 Å². The molecule has 10 nitrogen and oxygen atoms in total. The Morgan fingerprint density at radius 3 is 2.26 bits per heavy atom. The number of hydrogen-bond acceptors (Lipinski definition) is 6. The van der Waals surface area contributed by atoms with Gasteiger partial charge in [-0.05, 0) is 43.0 Å². The molecule has 42 heavy (non-hydrogen) atoms. The molecular formula is C25H25F7N4O6. The fourth-order valence-corrected chi connectivity index (χ4v) is 4.54. The van der Waals surface area contributed by atoms with Crippen LogP contribution < -0.4 is 5.56 Å². The number of benzene rings is 1. The zero-order valence-corrected chi connectivity index (χ0v) is 21.9. The molecule has 2 saturated heterocycles. The predicted octanol–water partition coefficient (Wildman–Crippen LogP) is 2.92. The minimum Gasteiger partial charge on any atom is -0.475 e. The number of nitrogens with one attached hydrogen (secondary N) is 1. The van der Waals surface area contributed by atoms with E-state index < -0.39 is 41.2 Å². The Bertz CT molecular complexity index is 1390. The van der Waals surface area contributed by atoms with E-state index in [4.69, 9.17) is 14.6 Å². The SMILES string of the molecule is Cc1c(Cc2ccc(F)c(C(=O)N3CCN(C4CCOCC4)C(=O)C3)c2)n[nH]c(=O)c1C(F)(F)F.O=C(O)C(F)(F)F. The molecule has 2 aliphatic rings. The number of aliphatic carboxylic acids is 1. The topological polar surface area (TPSA) is 133 Å².